The fourth-order valence-corrected chi connectivity index (χ4v) is 1.91. The van der Waals surface area contributed by atoms with Gasteiger partial charge in [0.1, 0.15) is 0 Å². The van der Waals surface area contributed by atoms with Crippen LogP contribution in [0.1, 0.15) is 31.9 Å². The van der Waals surface area contributed by atoms with Gasteiger partial charge >= 0.3 is 0 Å². The third kappa shape index (κ3) is 2.62. The van der Waals surface area contributed by atoms with Crippen molar-refractivity contribution in [3.05, 3.63) is 35.9 Å². The second-order valence-corrected chi connectivity index (χ2v) is 3.95. The predicted octanol–water partition coefficient (Wildman–Crippen LogP) is 3.87. The fraction of sp³-hybridized carbons (Fsp3) is 0.429. The molecule has 0 heterocycles. The first kappa shape index (κ1) is 11.8. The average molecular weight is 203 g/mol. The molecule has 0 aliphatic heterocycles. The quantitative estimate of drug-likeness (QED) is 0.718. The normalized spacial score (nSPS) is 10.1. The first-order valence-electron chi connectivity index (χ1n) is 5.61. The summed E-state index contributed by atoms with van der Waals surface area (Å²) in [6.45, 7) is 14.7. The Labute approximate surface area is 93.4 Å². The molecule has 0 amide bonds. The van der Waals surface area contributed by atoms with Crippen molar-refractivity contribution in [1.82, 2.24) is 0 Å². The van der Waals surface area contributed by atoms with Crippen molar-refractivity contribution in [3.8, 4) is 0 Å². The highest BCUT2D eigenvalue weighted by Crippen LogP contribution is 2.23. The lowest BCUT2D eigenvalue weighted by atomic mass is 10.0. The summed E-state index contributed by atoms with van der Waals surface area (Å²) in [4.78, 5) is 2.36. The van der Waals surface area contributed by atoms with Gasteiger partial charge in [-0.05, 0) is 51.0 Å². The zero-order valence-electron chi connectivity index (χ0n) is 10.3. The highest BCUT2D eigenvalue weighted by molar-refractivity contribution is 5.67. The Morgan fingerprint density at radius 2 is 1.87 bits per heavy atom. The summed E-state index contributed by atoms with van der Waals surface area (Å²) in [5.41, 5.74) is 5.03. The highest BCUT2D eigenvalue weighted by atomic mass is 15.1. The Balaban J connectivity index is 3.05. The molecule has 0 aliphatic carbocycles. The molecule has 0 atom stereocenters. The summed E-state index contributed by atoms with van der Waals surface area (Å²) in [5, 5.41) is 0. The lowest BCUT2D eigenvalue weighted by Gasteiger charge is -2.22. The molecule has 1 aromatic carbocycles. The smallest absolute Gasteiger partial charge is 0.0369 e. The van der Waals surface area contributed by atoms with E-state index in [1.807, 2.05) is 0 Å². The third-order valence-corrected chi connectivity index (χ3v) is 2.80. The van der Waals surface area contributed by atoms with Crippen molar-refractivity contribution < 1.29 is 0 Å². The molecule has 0 N–H and O–H groups in total. The Kier molecular flexibility index (Phi) is 3.96. The molecule has 0 bridgehead atoms. The summed E-state index contributed by atoms with van der Waals surface area (Å²) in [7, 11) is 0. The minimum Gasteiger partial charge on any atom is -0.372 e. The Bertz CT molecular complexity index is 348. The van der Waals surface area contributed by atoms with E-state index in [1.54, 1.807) is 0 Å². The minimum absolute atomic E-state index is 1.06. The lowest BCUT2D eigenvalue weighted by molar-refractivity contribution is 0.865. The number of hydrogen-bond donors (Lipinski definition) is 0. The van der Waals surface area contributed by atoms with Crippen LogP contribution in [0, 0.1) is 6.92 Å². The standard InChI is InChI=1S/C14H21N/c1-6-15(7-2)13-8-9-14(11(3)4)12(5)10-13/h8-10H,3,6-7H2,1-2,4-5H3. The molecule has 82 valence electrons. The van der Waals surface area contributed by atoms with Crippen LogP contribution in [0.2, 0.25) is 0 Å². The number of aryl methyl sites for hydroxylation is 1. The Morgan fingerprint density at radius 1 is 1.27 bits per heavy atom. The molecule has 0 saturated heterocycles. The SMILES string of the molecule is C=C(C)c1ccc(N(CC)CC)cc1C. The molecular formula is C14H21N. The maximum absolute atomic E-state index is 3.99. The van der Waals surface area contributed by atoms with Crippen LogP contribution >= 0.6 is 0 Å². The van der Waals surface area contributed by atoms with Gasteiger partial charge in [0.25, 0.3) is 0 Å². The first-order chi connectivity index (χ1) is 7.10. The van der Waals surface area contributed by atoms with E-state index in [0.717, 1.165) is 18.7 Å². The number of benzene rings is 1. The Hall–Kier alpha value is -1.24. The molecule has 0 aromatic heterocycles. The molecule has 0 radical (unpaired) electrons. The van der Waals surface area contributed by atoms with Crippen molar-refractivity contribution in [2.75, 3.05) is 18.0 Å². The Morgan fingerprint density at radius 3 is 2.27 bits per heavy atom. The van der Waals surface area contributed by atoms with Crippen molar-refractivity contribution in [3.63, 3.8) is 0 Å². The maximum Gasteiger partial charge on any atom is 0.0369 e. The average Bonchev–Trinajstić information content (AvgIpc) is 2.19. The van der Waals surface area contributed by atoms with E-state index in [4.69, 9.17) is 0 Å². The summed E-state index contributed by atoms with van der Waals surface area (Å²) in [6.07, 6.45) is 0. The van der Waals surface area contributed by atoms with Gasteiger partial charge in [0, 0.05) is 18.8 Å². The molecule has 0 aliphatic rings. The van der Waals surface area contributed by atoms with Gasteiger partial charge in [-0.25, -0.2) is 0 Å². The van der Waals surface area contributed by atoms with Gasteiger partial charge in [-0.2, -0.15) is 0 Å². The van der Waals surface area contributed by atoms with Gasteiger partial charge in [0.05, 0.1) is 0 Å². The van der Waals surface area contributed by atoms with E-state index in [1.165, 1.54) is 16.8 Å². The second-order valence-electron chi connectivity index (χ2n) is 3.95. The fourth-order valence-electron chi connectivity index (χ4n) is 1.91. The van der Waals surface area contributed by atoms with Crippen LogP contribution in [0.25, 0.3) is 5.57 Å². The topological polar surface area (TPSA) is 3.24 Å². The summed E-state index contributed by atoms with van der Waals surface area (Å²) < 4.78 is 0. The van der Waals surface area contributed by atoms with Crippen molar-refractivity contribution in [1.29, 1.82) is 0 Å². The number of anilines is 1. The number of allylic oxidation sites excluding steroid dienone is 1. The van der Waals surface area contributed by atoms with Crippen LogP contribution in [-0.4, -0.2) is 13.1 Å². The number of nitrogens with zero attached hydrogens (tertiary/aromatic N) is 1. The zero-order chi connectivity index (χ0) is 11.4. The van der Waals surface area contributed by atoms with Crippen molar-refractivity contribution >= 4 is 11.3 Å². The molecule has 1 aromatic rings. The van der Waals surface area contributed by atoms with Gasteiger partial charge < -0.3 is 4.90 Å². The van der Waals surface area contributed by atoms with E-state index in [9.17, 15) is 0 Å². The maximum atomic E-state index is 3.99. The van der Waals surface area contributed by atoms with Crippen LogP contribution in [-0.2, 0) is 0 Å². The van der Waals surface area contributed by atoms with E-state index in [-0.39, 0.29) is 0 Å². The van der Waals surface area contributed by atoms with Crippen molar-refractivity contribution in [2.45, 2.75) is 27.7 Å². The van der Waals surface area contributed by atoms with Crippen LogP contribution in [0.15, 0.2) is 24.8 Å². The van der Waals surface area contributed by atoms with Gasteiger partial charge in [-0.1, -0.05) is 18.2 Å². The number of rotatable bonds is 4. The van der Waals surface area contributed by atoms with E-state index >= 15 is 0 Å². The second kappa shape index (κ2) is 5.01. The lowest BCUT2D eigenvalue weighted by Crippen LogP contribution is -2.21. The monoisotopic (exact) mass is 203 g/mol. The van der Waals surface area contributed by atoms with E-state index in [2.05, 4.69) is 57.4 Å². The van der Waals surface area contributed by atoms with Gasteiger partial charge in [-0.3, -0.25) is 0 Å². The van der Waals surface area contributed by atoms with Crippen LogP contribution in [0.4, 0.5) is 5.69 Å². The van der Waals surface area contributed by atoms with E-state index < -0.39 is 0 Å². The molecule has 1 nitrogen and oxygen atoms in total. The summed E-state index contributed by atoms with van der Waals surface area (Å²) in [6, 6.07) is 6.60. The van der Waals surface area contributed by atoms with Gasteiger partial charge in [0.15, 0.2) is 0 Å². The van der Waals surface area contributed by atoms with Crippen LogP contribution in [0.5, 0.6) is 0 Å². The van der Waals surface area contributed by atoms with Crippen molar-refractivity contribution in [2.24, 2.45) is 0 Å². The van der Waals surface area contributed by atoms with Gasteiger partial charge in [-0.15, -0.1) is 0 Å². The number of hydrogen-bond acceptors (Lipinski definition) is 1. The predicted molar refractivity (Wildman–Crippen MR) is 69.4 cm³/mol. The highest BCUT2D eigenvalue weighted by Gasteiger charge is 2.04. The minimum atomic E-state index is 1.06. The van der Waals surface area contributed by atoms with Crippen LogP contribution in [0.3, 0.4) is 0 Å². The molecule has 0 saturated carbocycles. The zero-order valence-corrected chi connectivity index (χ0v) is 10.3. The first-order valence-corrected chi connectivity index (χ1v) is 5.61. The summed E-state index contributed by atoms with van der Waals surface area (Å²) >= 11 is 0. The molecule has 15 heavy (non-hydrogen) atoms. The molecule has 0 spiro atoms. The van der Waals surface area contributed by atoms with E-state index in [0.29, 0.717) is 0 Å². The molecular weight excluding hydrogens is 182 g/mol. The molecule has 1 rings (SSSR count). The molecule has 0 unspecified atom stereocenters. The van der Waals surface area contributed by atoms with Gasteiger partial charge in [0.2, 0.25) is 0 Å². The molecule has 1 heteroatoms. The third-order valence-electron chi connectivity index (χ3n) is 2.80. The molecule has 0 fully saturated rings. The summed E-state index contributed by atoms with van der Waals surface area (Å²) in [5.74, 6) is 0. The largest absolute Gasteiger partial charge is 0.372 e. The van der Waals surface area contributed by atoms with Crippen LogP contribution < -0.4 is 4.90 Å².